The molecule has 0 heterocycles. The Labute approximate surface area is 108 Å². The van der Waals surface area contributed by atoms with E-state index in [1.54, 1.807) is 0 Å². The van der Waals surface area contributed by atoms with Crippen LogP contribution in [0.25, 0.3) is 0 Å². The molecule has 0 radical (unpaired) electrons. The summed E-state index contributed by atoms with van der Waals surface area (Å²) in [7, 11) is 1.28. The van der Waals surface area contributed by atoms with Crippen molar-refractivity contribution in [1.82, 2.24) is 5.32 Å². The minimum absolute atomic E-state index is 0.0835. The van der Waals surface area contributed by atoms with Gasteiger partial charge in [-0.25, -0.2) is 4.79 Å². The minimum Gasteiger partial charge on any atom is -0.467 e. The fraction of sp³-hybridized carbons (Fsp3) is 0.769. The fourth-order valence-corrected chi connectivity index (χ4v) is 1.57. The molecule has 0 saturated heterocycles. The lowest BCUT2D eigenvalue weighted by molar-refractivity contribution is -0.146. The van der Waals surface area contributed by atoms with Crippen molar-refractivity contribution in [3.05, 3.63) is 0 Å². The number of esters is 1. The molecule has 0 bridgehead atoms. The summed E-state index contributed by atoms with van der Waals surface area (Å²) >= 11 is 0. The second-order valence-corrected chi connectivity index (χ2v) is 5.06. The van der Waals surface area contributed by atoms with Crippen LogP contribution in [0, 0.1) is 29.1 Å². The molecule has 5 heteroatoms. The highest BCUT2D eigenvalue weighted by Gasteiger charge is 2.28. The molecule has 1 N–H and O–H groups in total. The van der Waals surface area contributed by atoms with Gasteiger partial charge in [0, 0.05) is 0 Å². The van der Waals surface area contributed by atoms with Gasteiger partial charge in [-0.1, -0.05) is 27.7 Å². The average Bonchev–Trinajstić information content (AvgIpc) is 2.30. The van der Waals surface area contributed by atoms with Crippen molar-refractivity contribution in [1.29, 1.82) is 5.26 Å². The van der Waals surface area contributed by atoms with Gasteiger partial charge in [0.2, 0.25) is 5.91 Å². The molecule has 1 amide bonds. The quantitative estimate of drug-likeness (QED) is 0.728. The molecule has 0 fully saturated rings. The van der Waals surface area contributed by atoms with Crippen LogP contribution >= 0.6 is 0 Å². The summed E-state index contributed by atoms with van der Waals surface area (Å²) in [6, 6.07) is 1.27. The van der Waals surface area contributed by atoms with Crippen molar-refractivity contribution in [2.45, 2.75) is 40.2 Å². The zero-order chi connectivity index (χ0) is 14.3. The van der Waals surface area contributed by atoms with Gasteiger partial charge in [0.15, 0.2) is 0 Å². The van der Waals surface area contributed by atoms with Gasteiger partial charge < -0.3 is 10.1 Å². The van der Waals surface area contributed by atoms with Crippen LogP contribution in [0.4, 0.5) is 0 Å². The summed E-state index contributed by atoms with van der Waals surface area (Å²) in [4.78, 5) is 23.4. The monoisotopic (exact) mass is 254 g/mol. The van der Waals surface area contributed by atoms with Gasteiger partial charge in [-0.2, -0.15) is 5.26 Å². The molecule has 0 unspecified atom stereocenters. The van der Waals surface area contributed by atoms with Gasteiger partial charge in [-0.05, 0) is 18.3 Å². The fourth-order valence-electron chi connectivity index (χ4n) is 1.57. The van der Waals surface area contributed by atoms with Gasteiger partial charge in [-0.3, -0.25) is 4.79 Å². The van der Waals surface area contributed by atoms with Crippen molar-refractivity contribution in [3.8, 4) is 6.07 Å². The van der Waals surface area contributed by atoms with Crippen molar-refractivity contribution >= 4 is 11.9 Å². The number of carbonyl (C=O) groups is 2. The molecular weight excluding hydrogens is 232 g/mol. The summed E-state index contributed by atoms with van der Waals surface area (Å²) in [5, 5.41) is 11.6. The molecule has 18 heavy (non-hydrogen) atoms. The Bertz CT molecular complexity index is 332. The maximum Gasteiger partial charge on any atom is 0.328 e. The van der Waals surface area contributed by atoms with Crippen LogP contribution < -0.4 is 5.32 Å². The Kier molecular flexibility index (Phi) is 7.03. The Morgan fingerprint density at radius 3 is 2.17 bits per heavy atom. The number of rotatable bonds is 6. The van der Waals surface area contributed by atoms with E-state index in [9.17, 15) is 9.59 Å². The maximum atomic E-state index is 11.9. The standard InChI is InChI=1S/C13H22N2O3/c1-8(2)6-10(7-14)12(16)15-11(9(3)4)13(17)18-5/h8-11H,6H2,1-5H3,(H,15,16)/t10-,11+/m1/s1. The second-order valence-electron chi connectivity index (χ2n) is 5.06. The van der Waals surface area contributed by atoms with Gasteiger partial charge in [0.05, 0.1) is 13.2 Å². The molecule has 2 atom stereocenters. The van der Waals surface area contributed by atoms with Gasteiger partial charge in [0.25, 0.3) is 0 Å². The van der Waals surface area contributed by atoms with Crippen molar-refractivity contribution in [2.24, 2.45) is 17.8 Å². The first-order chi connectivity index (χ1) is 8.33. The van der Waals surface area contributed by atoms with E-state index < -0.39 is 23.8 Å². The van der Waals surface area contributed by atoms with Crippen LogP contribution in [0.2, 0.25) is 0 Å². The summed E-state index contributed by atoms with van der Waals surface area (Å²) < 4.78 is 4.63. The zero-order valence-corrected chi connectivity index (χ0v) is 11.7. The lowest BCUT2D eigenvalue weighted by Gasteiger charge is -2.21. The average molecular weight is 254 g/mol. The summed E-state index contributed by atoms with van der Waals surface area (Å²) in [5.41, 5.74) is 0. The van der Waals surface area contributed by atoms with E-state index in [0.717, 1.165) is 0 Å². The molecular formula is C13H22N2O3. The third-order valence-corrected chi connectivity index (χ3v) is 2.60. The van der Waals surface area contributed by atoms with Crippen molar-refractivity contribution in [3.63, 3.8) is 0 Å². The Hall–Kier alpha value is -1.57. The largest absolute Gasteiger partial charge is 0.467 e. The van der Waals surface area contributed by atoms with Gasteiger partial charge in [0.1, 0.15) is 12.0 Å². The summed E-state index contributed by atoms with van der Waals surface area (Å²) in [6.07, 6.45) is 0.480. The number of ether oxygens (including phenoxy) is 1. The van der Waals surface area contributed by atoms with Crippen molar-refractivity contribution < 1.29 is 14.3 Å². The van der Waals surface area contributed by atoms with Crippen molar-refractivity contribution in [2.75, 3.05) is 7.11 Å². The van der Waals surface area contributed by atoms with Crippen LogP contribution in [-0.2, 0) is 14.3 Å². The van der Waals surface area contributed by atoms with E-state index in [0.29, 0.717) is 6.42 Å². The first-order valence-corrected chi connectivity index (χ1v) is 6.11. The predicted octanol–water partition coefficient (Wildman–Crippen LogP) is 1.49. The Morgan fingerprint density at radius 2 is 1.83 bits per heavy atom. The molecule has 0 aromatic heterocycles. The zero-order valence-electron chi connectivity index (χ0n) is 11.7. The van der Waals surface area contributed by atoms with E-state index in [4.69, 9.17) is 5.26 Å². The smallest absolute Gasteiger partial charge is 0.328 e. The Morgan fingerprint density at radius 1 is 1.28 bits per heavy atom. The minimum atomic E-state index is -0.726. The van der Waals surface area contributed by atoms with E-state index in [1.807, 2.05) is 33.8 Å². The van der Waals surface area contributed by atoms with Crippen LogP contribution in [0.3, 0.4) is 0 Å². The first kappa shape index (κ1) is 16.4. The molecule has 0 rings (SSSR count). The number of hydrogen-bond donors (Lipinski definition) is 1. The van der Waals surface area contributed by atoms with Crippen LogP contribution in [-0.4, -0.2) is 25.0 Å². The highest BCUT2D eigenvalue weighted by atomic mass is 16.5. The SMILES string of the molecule is COC(=O)[C@@H](NC(=O)[C@@H](C#N)CC(C)C)C(C)C. The molecule has 0 aliphatic rings. The molecule has 0 aliphatic carbocycles. The number of methoxy groups -OCH3 is 1. The first-order valence-electron chi connectivity index (χ1n) is 6.11. The number of nitriles is 1. The molecule has 0 aromatic rings. The predicted molar refractivity (Wildman–Crippen MR) is 67.3 cm³/mol. The molecule has 0 spiro atoms. The van der Waals surface area contributed by atoms with E-state index >= 15 is 0 Å². The summed E-state index contributed by atoms with van der Waals surface area (Å²) in [6.45, 7) is 7.51. The molecule has 0 saturated carbocycles. The van der Waals surface area contributed by atoms with E-state index in [1.165, 1.54) is 7.11 Å². The highest BCUT2D eigenvalue weighted by molar-refractivity contribution is 5.87. The number of amides is 1. The van der Waals surface area contributed by atoms with Gasteiger partial charge >= 0.3 is 5.97 Å². The lowest BCUT2D eigenvalue weighted by Crippen LogP contribution is -2.47. The molecule has 0 aliphatic heterocycles. The maximum absolute atomic E-state index is 11.9. The van der Waals surface area contributed by atoms with Crippen LogP contribution in [0.15, 0.2) is 0 Å². The summed E-state index contributed by atoms with van der Waals surface area (Å²) in [5.74, 6) is -1.46. The van der Waals surface area contributed by atoms with Gasteiger partial charge in [-0.15, -0.1) is 0 Å². The van der Waals surface area contributed by atoms with Crippen LogP contribution in [0.5, 0.6) is 0 Å². The molecule has 102 valence electrons. The third kappa shape index (κ3) is 5.17. The number of carbonyl (C=O) groups excluding carboxylic acids is 2. The normalized spacial score (nSPS) is 13.9. The van der Waals surface area contributed by atoms with E-state index in [2.05, 4.69) is 10.1 Å². The Balaban J connectivity index is 4.68. The second kappa shape index (κ2) is 7.70. The lowest BCUT2D eigenvalue weighted by atomic mass is 9.96. The topological polar surface area (TPSA) is 79.2 Å². The molecule has 5 nitrogen and oxygen atoms in total. The van der Waals surface area contributed by atoms with Crippen LogP contribution in [0.1, 0.15) is 34.1 Å². The third-order valence-electron chi connectivity index (χ3n) is 2.60. The number of nitrogens with one attached hydrogen (secondary N) is 1. The molecule has 0 aromatic carbocycles. The number of nitrogens with zero attached hydrogens (tertiary/aromatic N) is 1. The van der Waals surface area contributed by atoms with E-state index in [-0.39, 0.29) is 11.8 Å². The highest BCUT2D eigenvalue weighted by Crippen LogP contribution is 2.12. The number of hydrogen-bond acceptors (Lipinski definition) is 4.